The van der Waals surface area contributed by atoms with E-state index in [9.17, 15) is 5.11 Å². The van der Waals surface area contributed by atoms with E-state index in [0.29, 0.717) is 23.9 Å². The fourth-order valence-corrected chi connectivity index (χ4v) is 2.29. The minimum Gasteiger partial charge on any atom is -0.493 e. The first-order chi connectivity index (χ1) is 11.1. The van der Waals surface area contributed by atoms with E-state index < -0.39 is 0 Å². The molecule has 0 unspecified atom stereocenters. The summed E-state index contributed by atoms with van der Waals surface area (Å²) in [6, 6.07) is 3.86. The summed E-state index contributed by atoms with van der Waals surface area (Å²) in [6.07, 6.45) is 8.49. The average molecular weight is 310 g/mol. The van der Waals surface area contributed by atoms with Crippen LogP contribution in [0.3, 0.4) is 0 Å². The van der Waals surface area contributed by atoms with Gasteiger partial charge in [-0.05, 0) is 17.5 Å². The van der Waals surface area contributed by atoms with Crippen LogP contribution >= 0.6 is 0 Å². The number of hydrogen-bond acceptors (Lipinski definition) is 6. The van der Waals surface area contributed by atoms with Crippen molar-refractivity contribution in [2.24, 2.45) is 0 Å². The van der Waals surface area contributed by atoms with E-state index in [1.807, 2.05) is 26.0 Å². The van der Waals surface area contributed by atoms with Crippen molar-refractivity contribution in [3.05, 3.63) is 54.4 Å². The second-order valence-corrected chi connectivity index (χ2v) is 5.45. The van der Waals surface area contributed by atoms with E-state index in [1.54, 1.807) is 35.7 Å². The van der Waals surface area contributed by atoms with Crippen molar-refractivity contribution in [1.82, 2.24) is 24.5 Å². The number of aromatic hydroxyl groups is 1. The third-order valence-corrected chi connectivity index (χ3v) is 3.41. The van der Waals surface area contributed by atoms with Crippen LogP contribution in [-0.2, 0) is 6.54 Å². The normalized spacial score (nSPS) is 10.9. The molecule has 23 heavy (non-hydrogen) atoms. The molecule has 0 amide bonds. The van der Waals surface area contributed by atoms with Crippen molar-refractivity contribution < 1.29 is 5.11 Å². The van der Waals surface area contributed by atoms with E-state index in [4.69, 9.17) is 0 Å². The van der Waals surface area contributed by atoms with E-state index in [1.165, 1.54) is 0 Å². The SMILES string of the molecule is CC(C)c1c(O)nc(-n2ccnc2)nc1NCc1cccnc1. The second-order valence-electron chi connectivity index (χ2n) is 5.45. The Morgan fingerprint density at radius 3 is 2.74 bits per heavy atom. The molecule has 0 aliphatic heterocycles. The number of nitrogens with one attached hydrogen (secondary N) is 1. The monoisotopic (exact) mass is 310 g/mol. The third kappa shape index (κ3) is 3.28. The molecule has 7 heteroatoms. The third-order valence-electron chi connectivity index (χ3n) is 3.41. The largest absolute Gasteiger partial charge is 0.493 e. The average Bonchev–Trinajstić information content (AvgIpc) is 3.07. The maximum Gasteiger partial charge on any atom is 0.240 e. The van der Waals surface area contributed by atoms with Crippen molar-refractivity contribution in [3.63, 3.8) is 0 Å². The molecule has 0 spiro atoms. The number of hydrogen-bond donors (Lipinski definition) is 2. The van der Waals surface area contributed by atoms with Gasteiger partial charge in [0, 0.05) is 31.3 Å². The van der Waals surface area contributed by atoms with Crippen molar-refractivity contribution in [1.29, 1.82) is 0 Å². The summed E-state index contributed by atoms with van der Waals surface area (Å²) in [7, 11) is 0. The zero-order valence-corrected chi connectivity index (χ0v) is 13.0. The first-order valence-electron chi connectivity index (χ1n) is 7.37. The highest BCUT2D eigenvalue weighted by Crippen LogP contribution is 2.30. The molecule has 3 aromatic rings. The fourth-order valence-electron chi connectivity index (χ4n) is 2.29. The number of rotatable bonds is 5. The van der Waals surface area contributed by atoms with Gasteiger partial charge in [-0.2, -0.15) is 9.97 Å². The van der Waals surface area contributed by atoms with Crippen molar-refractivity contribution in [3.8, 4) is 11.8 Å². The molecule has 2 N–H and O–H groups in total. The minimum absolute atomic E-state index is 0.0209. The predicted molar refractivity (Wildman–Crippen MR) is 86.5 cm³/mol. The molecule has 3 aromatic heterocycles. The van der Waals surface area contributed by atoms with Crippen LogP contribution in [0.1, 0.15) is 30.9 Å². The lowest BCUT2D eigenvalue weighted by molar-refractivity contribution is 0.440. The molecule has 0 radical (unpaired) electrons. The van der Waals surface area contributed by atoms with Gasteiger partial charge in [0.2, 0.25) is 11.8 Å². The van der Waals surface area contributed by atoms with Gasteiger partial charge < -0.3 is 10.4 Å². The summed E-state index contributed by atoms with van der Waals surface area (Å²) in [6.45, 7) is 4.54. The molecular weight excluding hydrogens is 292 g/mol. The number of nitrogens with zero attached hydrogens (tertiary/aromatic N) is 5. The van der Waals surface area contributed by atoms with Crippen LogP contribution in [0.5, 0.6) is 5.88 Å². The summed E-state index contributed by atoms with van der Waals surface area (Å²) < 4.78 is 1.65. The zero-order valence-electron chi connectivity index (χ0n) is 13.0. The molecule has 0 fully saturated rings. The summed E-state index contributed by atoms with van der Waals surface area (Å²) in [5.41, 5.74) is 1.72. The Morgan fingerprint density at radius 2 is 2.09 bits per heavy atom. The lowest BCUT2D eigenvalue weighted by Crippen LogP contribution is -2.10. The van der Waals surface area contributed by atoms with Gasteiger partial charge in [0.15, 0.2) is 0 Å². The Bertz CT molecular complexity index is 771. The number of anilines is 1. The molecule has 7 nitrogen and oxygen atoms in total. The van der Waals surface area contributed by atoms with Crippen molar-refractivity contribution in [2.45, 2.75) is 26.3 Å². The van der Waals surface area contributed by atoms with Crippen LogP contribution in [0.2, 0.25) is 0 Å². The Hall–Kier alpha value is -2.96. The van der Waals surface area contributed by atoms with Crippen LogP contribution in [0.25, 0.3) is 5.95 Å². The summed E-state index contributed by atoms with van der Waals surface area (Å²) in [5, 5.41) is 13.6. The molecule has 0 atom stereocenters. The highest BCUT2D eigenvalue weighted by Gasteiger charge is 2.17. The molecule has 118 valence electrons. The van der Waals surface area contributed by atoms with E-state index in [2.05, 4.69) is 25.3 Å². The lowest BCUT2D eigenvalue weighted by Gasteiger charge is -2.16. The number of imidazole rings is 1. The maximum absolute atomic E-state index is 10.3. The second kappa shape index (κ2) is 6.43. The smallest absolute Gasteiger partial charge is 0.240 e. The van der Waals surface area contributed by atoms with Crippen molar-refractivity contribution in [2.75, 3.05) is 5.32 Å². The van der Waals surface area contributed by atoms with Crippen LogP contribution in [0.4, 0.5) is 5.82 Å². The Morgan fingerprint density at radius 1 is 1.22 bits per heavy atom. The van der Waals surface area contributed by atoms with Gasteiger partial charge in [0.05, 0.1) is 5.56 Å². The van der Waals surface area contributed by atoms with Gasteiger partial charge in [0.1, 0.15) is 12.1 Å². The molecule has 0 bridgehead atoms. The highest BCUT2D eigenvalue weighted by atomic mass is 16.3. The van der Waals surface area contributed by atoms with Crippen LogP contribution in [-0.4, -0.2) is 29.6 Å². The van der Waals surface area contributed by atoms with Gasteiger partial charge in [-0.25, -0.2) is 4.98 Å². The lowest BCUT2D eigenvalue weighted by atomic mass is 10.1. The first-order valence-corrected chi connectivity index (χ1v) is 7.37. The summed E-state index contributed by atoms with van der Waals surface area (Å²) in [4.78, 5) is 16.8. The quantitative estimate of drug-likeness (QED) is 0.752. The van der Waals surface area contributed by atoms with Gasteiger partial charge in [-0.15, -0.1) is 0 Å². The van der Waals surface area contributed by atoms with E-state index in [-0.39, 0.29) is 11.8 Å². The topological polar surface area (TPSA) is 88.8 Å². The van der Waals surface area contributed by atoms with Gasteiger partial charge in [-0.3, -0.25) is 9.55 Å². The van der Waals surface area contributed by atoms with Crippen LogP contribution < -0.4 is 5.32 Å². The first kappa shape index (κ1) is 15.0. The molecular formula is C16H18N6O. The molecule has 3 rings (SSSR count). The molecule has 0 saturated carbocycles. The van der Waals surface area contributed by atoms with E-state index >= 15 is 0 Å². The molecule has 0 aliphatic carbocycles. The van der Waals surface area contributed by atoms with E-state index in [0.717, 1.165) is 5.56 Å². The van der Waals surface area contributed by atoms with Gasteiger partial charge >= 0.3 is 0 Å². The predicted octanol–water partition coefficient (Wildman–Crippen LogP) is 2.50. The maximum atomic E-state index is 10.3. The standard InChI is InChI=1S/C16H18N6O/c1-11(2)13-14(19-9-12-4-3-5-17-8-12)20-16(21-15(13)23)22-7-6-18-10-22/h3-8,10-11H,9H2,1-2H3,(H2,19,20,21,23). The summed E-state index contributed by atoms with van der Waals surface area (Å²) >= 11 is 0. The molecule has 3 heterocycles. The number of aromatic nitrogens is 5. The molecule has 0 aliphatic rings. The highest BCUT2D eigenvalue weighted by molar-refractivity contribution is 5.52. The fraction of sp³-hybridized carbons (Fsp3) is 0.250. The molecule has 0 saturated heterocycles. The minimum atomic E-state index is -0.0209. The van der Waals surface area contributed by atoms with Gasteiger partial charge in [0.25, 0.3) is 0 Å². The van der Waals surface area contributed by atoms with Crippen molar-refractivity contribution >= 4 is 5.82 Å². The van der Waals surface area contributed by atoms with Crippen LogP contribution in [0, 0.1) is 0 Å². The Kier molecular flexibility index (Phi) is 4.18. The van der Waals surface area contributed by atoms with Gasteiger partial charge in [-0.1, -0.05) is 19.9 Å². The zero-order chi connectivity index (χ0) is 16.2. The Balaban J connectivity index is 1.95. The Labute approximate surface area is 134 Å². The summed E-state index contributed by atoms with van der Waals surface area (Å²) in [5.74, 6) is 1.05. The molecule has 0 aromatic carbocycles. The number of pyridine rings is 1. The van der Waals surface area contributed by atoms with Crippen LogP contribution in [0.15, 0.2) is 43.2 Å².